The van der Waals surface area contributed by atoms with Gasteiger partial charge in [-0.3, -0.25) is 9.69 Å². The van der Waals surface area contributed by atoms with Crippen molar-refractivity contribution in [1.82, 2.24) is 4.90 Å². The number of amides is 1. The van der Waals surface area contributed by atoms with E-state index in [0.717, 1.165) is 24.1 Å². The lowest BCUT2D eigenvalue weighted by Crippen LogP contribution is -2.49. The van der Waals surface area contributed by atoms with Crippen LogP contribution in [-0.4, -0.2) is 35.5 Å². The molecule has 2 aliphatic rings. The zero-order chi connectivity index (χ0) is 15.0. The van der Waals surface area contributed by atoms with E-state index in [9.17, 15) is 4.79 Å². The van der Waals surface area contributed by atoms with E-state index in [1.165, 1.54) is 18.4 Å². The van der Waals surface area contributed by atoms with Crippen molar-refractivity contribution in [2.75, 3.05) is 11.9 Å². The van der Waals surface area contributed by atoms with Crippen molar-refractivity contribution in [3.8, 4) is 0 Å². The monoisotopic (exact) mass is 287 g/mol. The lowest BCUT2D eigenvalue weighted by atomic mass is 9.98. The van der Waals surface area contributed by atoms with Crippen molar-refractivity contribution in [3.05, 3.63) is 29.3 Å². The first-order chi connectivity index (χ1) is 10.0. The van der Waals surface area contributed by atoms with E-state index in [-0.39, 0.29) is 5.91 Å². The predicted molar refractivity (Wildman–Crippen MR) is 85.3 cm³/mol. The number of aryl methyl sites for hydroxylation is 1. The molecule has 3 N–H and O–H groups in total. The summed E-state index contributed by atoms with van der Waals surface area (Å²) in [5.41, 5.74) is 9.37. The van der Waals surface area contributed by atoms with E-state index in [4.69, 9.17) is 5.73 Å². The predicted octanol–water partition coefficient (Wildman–Crippen LogP) is 2.20. The number of carbonyl (C=O) groups excluding carboxylic acids is 1. The van der Waals surface area contributed by atoms with E-state index in [2.05, 4.69) is 30.1 Å². The number of hydrogen-bond donors (Lipinski definition) is 2. The van der Waals surface area contributed by atoms with Crippen LogP contribution in [0.4, 0.5) is 5.69 Å². The van der Waals surface area contributed by atoms with Gasteiger partial charge in [0.15, 0.2) is 0 Å². The van der Waals surface area contributed by atoms with Crippen molar-refractivity contribution >= 4 is 11.6 Å². The highest BCUT2D eigenvalue weighted by Crippen LogP contribution is 2.34. The van der Waals surface area contributed by atoms with Crippen LogP contribution >= 0.6 is 0 Å². The fourth-order valence-electron chi connectivity index (χ4n) is 3.82. The van der Waals surface area contributed by atoms with Crippen LogP contribution in [0.3, 0.4) is 0 Å². The number of benzene rings is 1. The fraction of sp³-hybridized carbons (Fsp3) is 0.588. The maximum Gasteiger partial charge on any atom is 0.238 e. The molecule has 0 spiro atoms. The highest BCUT2D eigenvalue weighted by molar-refractivity contribution is 5.93. The summed E-state index contributed by atoms with van der Waals surface area (Å²) in [4.78, 5) is 14.7. The summed E-state index contributed by atoms with van der Waals surface area (Å²) in [6.45, 7) is 4.61. The van der Waals surface area contributed by atoms with Crippen molar-refractivity contribution in [2.45, 2.75) is 57.7 Å². The molecule has 0 aliphatic carbocycles. The smallest absolute Gasteiger partial charge is 0.238 e. The number of nitrogens with zero attached hydrogens (tertiary/aromatic N) is 1. The molecular formula is C17H25N3O. The first kappa shape index (κ1) is 14.5. The van der Waals surface area contributed by atoms with Crippen LogP contribution in [0.15, 0.2) is 18.2 Å². The average Bonchev–Trinajstić information content (AvgIpc) is 2.68. The maximum atomic E-state index is 12.4. The van der Waals surface area contributed by atoms with Gasteiger partial charge in [0.25, 0.3) is 0 Å². The zero-order valence-electron chi connectivity index (χ0n) is 12.9. The molecule has 2 bridgehead atoms. The summed E-state index contributed by atoms with van der Waals surface area (Å²) in [5.74, 6) is 0.0936. The first-order valence-electron chi connectivity index (χ1n) is 7.92. The second-order valence-electron chi connectivity index (χ2n) is 6.58. The van der Waals surface area contributed by atoms with Gasteiger partial charge in [0.2, 0.25) is 5.91 Å². The van der Waals surface area contributed by atoms with Crippen LogP contribution in [-0.2, 0) is 4.79 Å². The molecule has 2 unspecified atom stereocenters. The van der Waals surface area contributed by atoms with Crippen LogP contribution in [0.1, 0.15) is 36.8 Å². The van der Waals surface area contributed by atoms with Gasteiger partial charge in [-0.1, -0.05) is 12.1 Å². The highest BCUT2D eigenvalue weighted by atomic mass is 16.2. The number of nitrogens with one attached hydrogen (secondary N) is 1. The third kappa shape index (κ3) is 2.97. The highest BCUT2D eigenvalue weighted by Gasteiger charge is 2.40. The molecule has 4 heteroatoms. The number of hydrogen-bond acceptors (Lipinski definition) is 3. The van der Waals surface area contributed by atoms with E-state index in [1.807, 2.05) is 12.1 Å². The Balaban J connectivity index is 1.64. The number of piperidine rings is 1. The van der Waals surface area contributed by atoms with E-state index in [0.29, 0.717) is 24.7 Å². The fourth-order valence-corrected chi connectivity index (χ4v) is 3.82. The minimum atomic E-state index is 0.0936. The van der Waals surface area contributed by atoms with E-state index in [1.54, 1.807) is 0 Å². The zero-order valence-corrected chi connectivity index (χ0v) is 12.9. The molecule has 2 saturated heterocycles. The third-order valence-corrected chi connectivity index (χ3v) is 5.13. The van der Waals surface area contributed by atoms with Gasteiger partial charge in [-0.25, -0.2) is 0 Å². The van der Waals surface area contributed by atoms with Gasteiger partial charge in [-0.2, -0.15) is 0 Å². The van der Waals surface area contributed by atoms with Crippen molar-refractivity contribution < 1.29 is 4.79 Å². The maximum absolute atomic E-state index is 12.4. The summed E-state index contributed by atoms with van der Waals surface area (Å²) >= 11 is 0. The van der Waals surface area contributed by atoms with E-state index < -0.39 is 0 Å². The Kier molecular flexibility index (Phi) is 4.00. The van der Waals surface area contributed by atoms with Crippen LogP contribution in [0.5, 0.6) is 0 Å². The Morgan fingerprint density at radius 3 is 2.62 bits per heavy atom. The third-order valence-electron chi connectivity index (χ3n) is 5.13. The first-order valence-corrected chi connectivity index (χ1v) is 7.92. The molecule has 1 amide bonds. The summed E-state index contributed by atoms with van der Waals surface area (Å²) in [6, 6.07) is 7.35. The van der Waals surface area contributed by atoms with Gasteiger partial charge in [0, 0.05) is 23.8 Å². The summed E-state index contributed by atoms with van der Waals surface area (Å²) in [5, 5.41) is 3.07. The molecule has 2 atom stereocenters. The van der Waals surface area contributed by atoms with Gasteiger partial charge >= 0.3 is 0 Å². The van der Waals surface area contributed by atoms with Gasteiger partial charge in [-0.15, -0.1) is 0 Å². The minimum Gasteiger partial charge on any atom is -0.328 e. The standard InChI is InChI=1S/C17H25N3O/c1-11-4-3-5-16(12(11)2)19-17(21)10-20-14-6-7-15(20)9-13(18)8-14/h3-5,13-15H,6-10,18H2,1-2H3,(H,19,21). The van der Waals surface area contributed by atoms with Crippen LogP contribution in [0, 0.1) is 13.8 Å². The number of fused-ring (bicyclic) bond motifs is 2. The molecule has 0 radical (unpaired) electrons. The molecule has 4 nitrogen and oxygen atoms in total. The largest absolute Gasteiger partial charge is 0.328 e. The Labute approximate surface area is 126 Å². The molecule has 0 aromatic heterocycles. The topological polar surface area (TPSA) is 58.4 Å². The van der Waals surface area contributed by atoms with Gasteiger partial charge in [0.1, 0.15) is 0 Å². The Bertz CT molecular complexity index is 529. The second kappa shape index (κ2) is 5.78. The van der Waals surface area contributed by atoms with Crippen LogP contribution < -0.4 is 11.1 Å². The summed E-state index contributed by atoms with van der Waals surface area (Å²) in [6.07, 6.45) is 4.45. The molecule has 2 fully saturated rings. The lowest BCUT2D eigenvalue weighted by Gasteiger charge is -2.37. The molecule has 21 heavy (non-hydrogen) atoms. The molecule has 114 valence electrons. The van der Waals surface area contributed by atoms with Gasteiger partial charge in [-0.05, 0) is 56.7 Å². The normalized spacial score (nSPS) is 28.6. The van der Waals surface area contributed by atoms with E-state index >= 15 is 0 Å². The Hall–Kier alpha value is -1.39. The lowest BCUT2D eigenvalue weighted by molar-refractivity contribution is -0.118. The van der Waals surface area contributed by atoms with Crippen molar-refractivity contribution in [3.63, 3.8) is 0 Å². The SMILES string of the molecule is Cc1cccc(NC(=O)CN2C3CCC2CC(N)C3)c1C. The Morgan fingerprint density at radius 1 is 1.29 bits per heavy atom. The molecule has 0 saturated carbocycles. The molecule has 3 rings (SSSR count). The van der Waals surface area contributed by atoms with Crippen molar-refractivity contribution in [2.24, 2.45) is 5.73 Å². The van der Waals surface area contributed by atoms with Crippen LogP contribution in [0.25, 0.3) is 0 Å². The molecule has 1 aromatic rings. The second-order valence-corrected chi connectivity index (χ2v) is 6.58. The quantitative estimate of drug-likeness (QED) is 0.896. The summed E-state index contributed by atoms with van der Waals surface area (Å²) < 4.78 is 0. The Morgan fingerprint density at radius 2 is 1.95 bits per heavy atom. The molecular weight excluding hydrogens is 262 g/mol. The van der Waals surface area contributed by atoms with Crippen LogP contribution in [0.2, 0.25) is 0 Å². The molecule has 2 heterocycles. The van der Waals surface area contributed by atoms with Gasteiger partial charge in [0.05, 0.1) is 6.54 Å². The van der Waals surface area contributed by atoms with Gasteiger partial charge < -0.3 is 11.1 Å². The molecule has 2 aliphatic heterocycles. The number of carbonyl (C=O) groups is 1. The average molecular weight is 287 g/mol. The number of nitrogens with two attached hydrogens (primary N) is 1. The minimum absolute atomic E-state index is 0.0936. The summed E-state index contributed by atoms with van der Waals surface area (Å²) in [7, 11) is 0. The number of rotatable bonds is 3. The van der Waals surface area contributed by atoms with Crippen molar-refractivity contribution in [1.29, 1.82) is 0 Å². The molecule has 1 aromatic carbocycles. The number of anilines is 1.